The number of likely N-dealkylation sites (tertiary alicyclic amines) is 1. The molecule has 0 radical (unpaired) electrons. The molecule has 1 saturated heterocycles. The summed E-state index contributed by atoms with van der Waals surface area (Å²) in [6.45, 7) is 11.8. The fourth-order valence-electron chi connectivity index (χ4n) is 6.72. The van der Waals surface area contributed by atoms with E-state index in [4.69, 9.17) is 4.74 Å². The molecule has 1 aliphatic heterocycles. The zero-order chi connectivity index (χ0) is 35.2. The van der Waals surface area contributed by atoms with Crippen LogP contribution in [0.1, 0.15) is 112 Å². The molecular formula is C39H47F6NO2. The first-order valence-electron chi connectivity index (χ1n) is 17.0. The number of halogens is 6. The zero-order valence-corrected chi connectivity index (χ0v) is 28.4. The number of hydrogen-bond acceptors (Lipinski definition) is 3. The largest absolute Gasteiger partial charge is 0.466 e. The first-order chi connectivity index (χ1) is 22.6. The van der Waals surface area contributed by atoms with Gasteiger partial charge < -0.3 is 4.74 Å². The summed E-state index contributed by atoms with van der Waals surface area (Å²) in [6.07, 6.45) is -4.86. The molecular weight excluding hydrogens is 628 g/mol. The van der Waals surface area contributed by atoms with Gasteiger partial charge in [-0.15, -0.1) is 0 Å². The Balaban J connectivity index is 1.75. The number of esters is 1. The Hall–Kier alpha value is -3.33. The molecule has 0 aromatic heterocycles. The number of hydrogen-bond donors (Lipinski definition) is 0. The lowest BCUT2D eigenvalue weighted by atomic mass is 9.82. The van der Waals surface area contributed by atoms with Crippen LogP contribution in [0.5, 0.6) is 0 Å². The Kier molecular flexibility index (Phi) is 12.4. The Morgan fingerprint density at radius 2 is 1.40 bits per heavy atom. The van der Waals surface area contributed by atoms with Gasteiger partial charge in [0.2, 0.25) is 0 Å². The quantitative estimate of drug-likeness (QED) is 0.141. The number of piperidine rings is 1. The maximum Gasteiger partial charge on any atom is 0.416 e. The Morgan fingerprint density at radius 3 is 1.94 bits per heavy atom. The predicted molar refractivity (Wildman–Crippen MR) is 178 cm³/mol. The molecule has 3 atom stereocenters. The van der Waals surface area contributed by atoms with E-state index in [0.717, 1.165) is 78.7 Å². The fourth-order valence-corrected chi connectivity index (χ4v) is 6.72. The van der Waals surface area contributed by atoms with Crippen molar-refractivity contribution in [1.82, 2.24) is 4.90 Å². The minimum Gasteiger partial charge on any atom is -0.466 e. The lowest BCUT2D eigenvalue weighted by Crippen LogP contribution is -2.37. The third-order valence-corrected chi connectivity index (χ3v) is 9.21. The lowest BCUT2D eigenvalue weighted by Gasteiger charge is -2.39. The van der Waals surface area contributed by atoms with Crippen molar-refractivity contribution in [3.63, 3.8) is 0 Å². The maximum atomic E-state index is 13.4. The summed E-state index contributed by atoms with van der Waals surface area (Å²) in [5, 5.41) is 0. The molecule has 1 fully saturated rings. The Labute approximate surface area is 280 Å². The van der Waals surface area contributed by atoms with Gasteiger partial charge in [-0.3, -0.25) is 9.69 Å². The normalized spacial score (nSPS) is 17.5. The highest BCUT2D eigenvalue weighted by Crippen LogP contribution is 2.40. The summed E-state index contributed by atoms with van der Waals surface area (Å²) in [5.74, 6) is -0.212. The van der Waals surface area contributed by atoms with Crippen molar-refractivity contribution in [3.8, 4) is 11.1 Å². The molecule has 0 bridgehead atoms. The van der Waals surface area contributed by atoms with Crippen LogP contribution in [0.25, 0.3) is 11.1 Å². The number of carbonyl (C=O) groups is 1. The predicted octanol–water partition coefficient (Wildman–Crippen LogP) is 11.4. The van der Waals surface area contributed by atoms with E-state index in [1.54, 1.807) is 19.1 Å². The molecule has 9 heteroatoms. The Morgan fingerprint density at radius 1 is 0.792 bits per heavy atom. The molecule has 0 saturated carbocycles. The second-order valence-electron chi connectivity index (χ2n) is 13.8. The van der Waals surface area contributed by atoms with E-state index in [1.165, 1.54) is 12.1 Å². The second-order valence-corrected chi connectivity index (χ2v) is 13.8. The van der Waals surface area contributed by atoms with E-state index in [0.29, 0.717) is 24.4 Å². The van der Waals surface area contributed by atoms with Crippen LogP contribution in [-0.2, 0) is 21.9 Å². The summed E-state index contributed by atoms with van der Waals surface area (Å²) in [7, 11) is 0. The van der Waals surface area contributed by atoms with Crippen LogP contribution in [0, 0.1) is 11.8 Å². The van der Waals surface area contributed by atoms with Crippen molar-refractivity contribution in [2.24, 2.45) is 11.8 Å². The average Bonchev–Trinajstić information content (AvgIpc) is 3.03. The highest BCUT2D eigenvalue weighted by Gasteiger charge is 2.33. The van der Waals surface area contributed by atoms with E-state index in [-0.39, 0.29) is 30.5 Å². The van der Waals surface area contributed by atoms with Gasteiger partial charge in [-0.1, -0.05) is 70.2 Å². The van der Waals surface area contributed by atoms with Crippen LogP contribution < -0.4 is 0 Å². The summed E-state index contributed by atoms with van der Waals surface area (Å²) < 4.78 is 85.7. The van der Waals surface area contributed by atoms with E-state index >= 15 is 0 Å². The third kappa shape index (κ3) is 9.86. The van der Waals surface area contributed by atoms with Crippen molar-refractivity contribution in [2.75, 3.05) is 19.7 Å². The lowest BCUT2D eigenvalue weighted by molar-refractivity contribution is -0.145. The van der Waals surface area contributed by atoms with E-state index in [2.05, 4.69) is 18.7 Å². The molecule has 0 amide bonds. The molecule has 3 nitrogen and oxygen atoms in total. The third-order valence-electron chi connectivity index (χ3n) is 9.21. The van der Waals surface area contributed by atoms with Crippen LogP contribution in [0.2, 0.25) is 0 Å². The van der Waals surface area contributed by atoms with Gasteiger partial charge in [0, 0.05) is 12.6 Å². The number of carbonyl (C=O) groups excluding carboxylic acids is 1. The average molecular weight is 676 g/mol. The fraction of sp³-hybridized carbons (Fsp3) is 0.513. The molecule has 4 rings (SSSR count). The summed E-state index contributed by atoms with van der Waals surface area (Å²) in [4.78, 5) is 15.6. The summed E-state index contributed by atoms with van der Waals surface area (Å²) in [6, 6.07) is 16.5. The zero-order valence-electron chi connectivity index (χ0n) is 28.4. The molecule has 1 aliphatic rings. The van der Waals surface area contributed by atoms with E-state index in [9.17, 15) is 31.1 Å². The van der Waals surface area contributed by atoms with Crippen LogP contribution in [0.4, 0.5) is 26.3 Å². The highest BCUT2D eigenvalue weighted by atomic mass is 19.4. The van der Waals surface area contributed by atoms with Crippen molar-refractivity contribution in [2.45, 2.75) is 97.0 Å². The molecule has 0 spiro atoms. The van der Waals surface area contributed by atoms with Gasteiger partial charge in [-0.05, 0) is 115 Å². The topological polar surface area (TPSA) is 29.5 Å². The van der Waals surface area contributed by atoms with Crippen LogP contribution >= 0.6 is 0 Å². The standard InChI is InChI=1S/C39H47F6NO2/c1-6-48-37(47)35(20-26(4)5)32-22-30(27-10-14-33(15-11-27)38(40,41)42)21-31(23-32)29-8-7-19-46(24-29)36(18-9-25(2)3)28-12-16-34(17-13-28)39(43,44)45/h10-17,21-23,25-26,29,35-36H,6-9,18-20,24H2,1-5H3/t29?,35-,36?/m0/s1. The van der Waals surface area contributed by atoms with Gasteiger partial charge in [0.15, 0.2) is 0 Å². The monoisotopic (exact) mass is 675 g/mol. The summed E-state index contributed by atoms with van der Waals surface area (Å²) in [5.41, 5.74) is 2.55. The summed E-state index contributed by atoms with van der Waals surface area (Å²) >= 11 is 0. The molecule has 0 N–H and O–H groups in total. The van der Waals surface area contributed by atoms with Gasteiger partial charge in [-0.25, -0.2) is 0 Å². The molecule has 262 valence electrons. The van der Waals surface area contributed by atoms with Gasteiger partial charge in [0.05, 0.1) is 23.7 Å². The number of benzene rings is 3. The molecule has 48 heavy (non-hydrogen) atoms. The minimum absolute atomic E-state index is 0.0461. The number of alkyl halides is 6. The molecule has 1 heterocycles. The minimum atomic E-state index is -4.46. The van der Waals surface area contributed by atoms with Crippen LogP contribution in [-0.4, -0.2) is 30.6 Å². The van der Waals surface area contributed by atoms with E-state index in [1.807, 2.05) is 32.0 Å². The molecule has 2 unspecified atom stereocenters. The molecule has 3 aromatic rings. The number of rotatable bonds is 12. The highest BCUT2D eigenvalue weighted by molar-refractivity contribution is 5.79. The van der Waals surface area contributed by atoms with E-state index < -0.39 is 29.4 Å². The number of nitrogens with zero attached hydrogens (tertiary/aromatic N) is 1. The van der Waals surface area contributed by atoms with Crippen molar-refractivity contribution in [3.05, 3.63) is 94.5 Å². The van der Waals surface area contributed by atoms with Gasteiger partial charge in [0.25, 0.3) is 0 Å². The first kappa shape index (κ1) is 37.5. The van der Waals surface area contributed by atoms with Gasteiger partial charge >= 0.3 is 18.3 Å². The van der Waals surface area contributed by atoms with Crippen molar-refractivity contribution < 1.29 is 35.9 Å². The Bertz CT molecular complexity index is 1480. The number of ether oxygens (including phenoxy) is 1. The SMILES string of the molecule is CCOC(=O)[C@@H](CC(C)C)c1cc(-c2ccc(C(F)(F)F)cc2)cc(C2CCCN(C(CCC(C)C)c3ccc(C(F)(F)F)cc3)C2)c1. The first-order valence-corrected chi connectivity index (χ1v) is 17.0. The van der Waals surface area contributed by atoms with Gasteiger partial charge in [-0.2, -0.15) is 26.3 Å². The van der Waals surface area contributed by atoms with Gasteiger partial charge in [0.1, 0.15) is 0 Å². The van der Waals surface area contributed by atoms with Crippen LogP contribution in [0.15, 0.2) is 66.7 Å². The molecule has 0 aliphatic carbocycles. The van der Waals surface area contributed by atoms with Crippen molar-refractivity contribution in [1.29, 1.82) is 0 Å². The second kappa shape index (κ2) is 15.9. The van der Waals surface area contributed by atoms with Crippen LogP contribution in [0.3, 0.4) is 0 Å². The maximum absolute atomic E-state index is 13.4. The van der Waals surface area contributed by atoms with Crippen molar-refractivity contribution >= 4 is 5.97 Å². The molecule has 3 aromatic carbocycles. The smallest absolute Gasteiger partial charge is 0.416 e.